The smallest absolute Gasteiger partial charge is 0.274 e. The van der Waals surface area contributed by atoms with Crippen molar-refractivity contribution in [3.63, 3.8) is 0 Å². The standard InChI is InChI=1S/C22H18N4O4/c1-14-5-6-16(12-15(14)2)23-22(27)20-13-19(21-4-3-11-30-21)24-25(20)17-7-9-18(10-8-17)26(28)29/h3-13H,1-2H3,(H,23,27). The van der Waals surface area contributed by atoms with Gasteiger partial charge in [0.1, 0.15) is 11.4 Å². The molecule has 8 heteroatoms. The average molecular weight is 402 g/mol. The zero-order chi connectivity index (χ0) is 21.3. The van der Waals surface area contributed by atoms with Crippen molar-refractivity contribution in [2.75, 3.05) is 5.32 Å². The third-order valence-corrected chi connectivity index (χ3v) is 4.79. The van der Waals surface area contributed by atoms with E-state index in [1.54, 1.807) is 30.3 Å². The minimum atomic E-state index is -0.478. The van der Waals surface area contributed by atoms with E-state index >= 15 is 0 Å². The Balaban J connectivity index is 1.74. The van der Waals surface area contributed by atoms with Gasteiger partial charge < -0.3 is 9.73 Å². The minimum Gasteiger partial charge on any atom is -0.463 e. The largest absolute Gasteiger partial charge is 0.463 e. The van der Waals surface area contributed by atoms with E-state index in [9.17, 15) is 14.9 Å². The number of nitrogens with one attached hydrogen (secondary N) is 1. The molecule has 0 aliphatic carbocycles. The number of anilines is 1. The molecule has 4 rings (SSSR count). The molecule has 0 saturated heterocycles. The van der Waals surface area contributed by atoms with Crippen molar-refractivity contribution in [1.82, 2.24) is 9.78 Å². The monoisotopic (exact) mass is 402 g/mol. The maximum Gasteiger partial charge on any atom is 0.274 e. The Morgan fingerprint density at radius 1 is 1.07 bits per heavy atom. The number of amides is 1. The number of carbonyl (C=O) groups is 1. The number of carbonyl (C=O) groups excluding carboxylic acids is 1. The lowest BCUT2D eigenvalue weighted by Crippen LogP contribution is -2.17. The van der Waals surface area contributed by atoms with Crippen molar-refractivity contribution in [2.45, 2.75) is 13.8 Å². The van der Waals surface area contributed by atoms with E-state index in [0.29, 0.717) is 22.8 Å². The molecule has 2 heterocycles. The lowest BCUT2D eigenvalue weighted by molar-refractivity contribution is -0.384. The number of aryl methyl sites for hydroxylation is 2. The summed E-state index contributed by atoms with van der Waals surface area (Å²) >= 11 is 0. The van der Waals surface area contributed by atoms with Crippen molar-refractivity contribution in [2.24, 2.45) is 0 Å². The van der Waals surface area contributed by atoms with Crippen molar-refractivity contribution in [3.8, 4) is 17.1 Å². The topological polar surface area (TPSA) is 103 Å². The van der Waals surface area contributed by atoms with Crippen LogP contribution >= 0.6 is 0 Å². The lowest BCUT2D eigenvalue weighted by Gasteiger charge is -2.09. The van der Waals surface area contributed by atoms with Crippen LogP contribution in [0.4, 0.5) is 11.4 Å². The number of nitro groups is 1. The normalized spacial score (nSPS) is 10.7. The number of furan rings is 1. The fraction of sp³-hybridized carbons (Fsp3) is 0.0909. The summed E-state index contributed by atoms with van der Waals surface area (Å²) in [5.74, 6) is 0.151. The molecular weight excluding hydrogens is 384 g/mol. The van der Waals surface area contributed by atoms with Gasteiger partial charge in [-0.3, -0.25) is 14.9 Å². The van der Waals surface area contributed by atoms with Gasteiger partial charge >= 0.3 is 0 Å². The van der Waals surface area contributed by atoms with Crippen LogP contribution in [0.5, 0.6) is 0 Å². The lowest BCUT2D eigenvalue weighted by atomic mass is 10.1. The summed E-state index contributed by atoms with van der Waals surface area (Å²) < 4.78 is 6.85. The molecule has 4 aromatic rings. The maximum atomic E-state index is 13.1. The molecule has 8 nitrogen and oxygen atoms in total. The Labute approximate surface area is 171 Å². The molecule has 30 heavy (non-hydrogen) atoms. The third kappa shape index (κ3) is 3.70. The van der Waals surface area contributed by atoms with Gasteiger partial charge in [-0.2, -0.15) is 5.10 Å². The summed E-state index contributed by atoms with van der Waals surface area (Å²) in [5, 5.41) is 18.3. The quantitative estimate of drug-likeness (QED) is 0.377. The second-order valence-corrected chi connectivity index (χ2v) is 6.83. The third-order valence-electron chi connectivity index (χ3n) is 4.79. The molecule has 1 amide bonds. The Morgan fingerprint density at radius 3 is 2.47 bits per heavy atom. The first-order chi connectivity index (χ1) is 14.4. The highest BCUT2D eigenvalue weighted by Crippen LogP contribution is 2.24. The first-order valence-electron chi connectivity index (χ1n) is 9.20. The van der Waals surface area contributed by atoms with Crippen LogP contribution in [-0.2, 0) is 0 Å². The number of aromatic nitrogens is 2. The summed E-state index contributed by atoms with van der Waals surface area (Å²) in [6.07, 6.45) is 1.52. The van der Waals surface area contributed by atoms with E-state index in [-0.39, 0.29) is 17.3 Å². The van der Waals surface area contributed by atoms with Gasteiger partial charge in [-0.05, 0) is 61.4 Å². The van der Waals surface area contributed by atoms with Crippen LogP contribution in [0.1, 0.15) is 21.6 Å². The molecule has 0 radical (unpaired) electrons. The molecule has 0 aliphatic heterocycles. The van der Waals surface area contributed by atoms with Crippen LogP contribution in [0.25, 0.3) is 17.1 Å². The van der Waals surface area contributed by atoms with E-state index in [1.807, 2.05) is 32.0 Å². The number of nitro benzene ring substituents is 1. The molecule has 0 bridgehead atoms. The predicted molar refractivity (Wildman–Crippen MR) is 112 cm³/mol. The molecular formula is C22H18N4O4. The van der Waals surface area contributed by atoms with Gasteiger partial charge in [-0.15, -0.1) is 0 Å². The Kier molecular flexibility index (Phi) is 4.89. The van der Waals surface area contributed by atoms with Crippen LogP contribution in [0, 0.1) is 24.0 Å². The first-order valence-corrected chi connectivity index (χ1v) is 9.20. The van der Waals surface area contributed by atoms with Crippen LogP contribution in [0.2, 0.25) is 0 Å². The summed E-state index contributed by atoms with van der Waals surface area (Å²) in [4.78, 5) is 23.5. The van der Waals surface area contributed by atoms with Crippen LogP contribution in [0.15, 0.2) is 71.3 Å². The minimum absolute atomic E-state index is 0.0432. The van der Waals surface area contributed by atoms with Gasteiger partial charge in [0.2, 0.25) is 0 Å². The van der Waals surface area contributed by atoms with Crippen LogP contribution < -0.4 is 5.32 Å². The fourth-order valence-electron chi connectivity index (χ4n) is 3.01. The van der Waals surface area contributed by atoms with Crippen molar-refractivity contribution in [3.05, 3.63) is 93.9 Å². The highest BCUT2D eigenvalue weighted by atomic mass is 16.6. The van der Waals surface area contributed by atoms with Crippen LogP contribution in [-0.4, -0.2) is 20.6 Å². The number of hydrogen-bond acceptors (Lipinski definition) is 5. The molecule has 150 valence electrons. The molecule has 0 spiro atoms. The molecule has 2 aromatic carbocycles. The number of nitrogens with zero attached hydrogens (tertiary/aromatic N) is 3. The van der Waals surface area contributed by atoms with Gasteiger partial charge in [-0.25, -0.2) is 4.68 Å². The summed E-state index contributed by atoms with van der Waals surface area (Å²) in [6.45, 7) is 3.97. The fourth-order valence-corrected chi connectivity index (χ4v) is 3.01. The van der Waals surface area contributed by atoms with Gasteiger partial charge in [0.05, 0.1) is 16.9 Å². The number of hydrogen-bond donors (Lipinski definition) is 1. The molecule has 0 atom stereocenters. The van der Waals surface area contributed by atoms with Crippen molar-refractivity contribution < 1.29 is 14.1 Å². The molecule has 1 N–H and O–H groups in total. The summed E-state index contributed by atoms with van der Waals surface area (Å²) in [7, 11) is 0. The van der Waals surface area contributed by atoms with Gasteiger partial charge in [0.25, 0.3) is 11.6 Å². The molecule has 2 aromatic heterocycles. The second kappa shape index (κ2) is 7.67. The van der Waals surface area contributed by atoms with Gasteiger partial charge in [-0.1, -0.05) is 6.07 Å². The molecule has 0 aliphatic rings. The molecule has 0 saturated carbocycles. The number of rotatable bonds is 5. The van der Waals surface area contributed by atoms with E-state index in [1.165, 1.54) is 23.1 Å². The summed E-state index contributed by atoms with van der Waals surface area (Å²) in [5.41, 5.74) is 4.08. The average Bonchev–Trinajstić information content (AvgIpc) is 3.40. The van der Waals surface area contributed by atoms with E-state index in [4.69, 9.17) is 4.42 Å². The van der Waals surface area contributed by atoms with Crippen molar-refractivity contribution in [1.29, 1.82) is 0 Å². The van der Waals surface area contributed by atoms with E-state index in [2.05, 4.69) is 10.4 Å². The Hall–Kier alpha value is -4.20. The molecule has 0 fully saturated rings. The van der Waals surface area contributed by atoms with Crippen molar-refractivity contribution >= 4 is 17.3 Å². The van der Waals surface area contributed by atoms with Gasteiger partial charge in [0.15, 0.2) is 5.76 Å². The number of non-ortho nitro benzene ring substituents is 1. The zero-order valence-electron chi connectivity index (χ0n) is 16.3. The Morgan fingerprint density at radius 2 is 1.83 bits per heavy atom. The highest BCUT2D eigenvalue weighted by Gasteiger charge is 2.20. The number of benzene rings is 2. The van der Waals surface area contributed by atoms with E-state index < -0.39 is 4.92 Å². The predicted octanol–water partition coefficient (Wildman–Crippen LogP) is 4.91. The summed E-state index contributed by atoms with van der Waals surface area (Å²) in [6, 6.07) is 16.6. The SMILES string of the molecule is Cc1ccc(NC(=O)c2cc(-c3ccco3)nn2-c2ccc([N+](=O)[O-])cc2)cc1C. The zero-order valence-corrected chi connectivity index (χ0v) is 16.3. The Bertz CT molecular complexity index is 1220. The first kappa shape index (κ1) is 19.1. The van der Waals surface area contributed by atoms with E-state index in [0.717, 1.165) is 11.1 Å². The molecule has 0 unspecified atom stereocenters. The maximum absolute atomic E-state index is 13.1. The highest BCUT2D eigenvalue weighted by molar-refractivity contribution is 6.04. The second-order valence-electron chi connectivity index (χ2n) is 6.83. The van der Waals surface area contributed by atoms with Crippen LogP contribution in [0.3, 0.4) is 0 Å². The van der Waals surface area contributed by atoms with Gasteiger partial charge in [0, 0.05) is 23.9 Å².